The van der Waals surface area contributed by atoms with Crippen molar-refractivity contribution in [3.63, 3.8) is 0 Å². The van der Waals surface area contributed by atoms with Crippen molar-refractivity contribution < 1.29 is 37.1 Å². The zero-order valence-electron chi connectivity index (χ0n) is 21.9. The summed E-state index contributed by atoms with van der Waals surface area (Å²) in [5, 5.41) is 7.23. The number of alkyl carbamates (subject to hydrolysis) is 1. The Morgan fingerprint density at radius 2 is 1.07 bits per heavy atom. The van der Waals surface area contributed by atoms with E-state index in [0.29, 0.717) is 12.8 Å². The number of hydrogen-bond acceptors (Lipinski definition) is 8. The second kappa shape index (κ2) is 56.5. The van der Waals surface area contributed by atoms with E-state index in [-0.39, 0.29) is 75.6 Å². The van der Waals surface area contributed by atoms with Crippen LogP contribution in [0.25, 0.3) is 0 Å². The molecule has 0 rings (SSSR count). The van der Waals surface area contributed by atoms with Gasteiger partial charge in [0.1, 0.15) is 0 Å². The van der Waals surface area contributed by atoms with E-state index in [4.69, 9.17) is 0 Å². The summed E-state index contributed by atoms with van der Waals surface area (Å²) in [6.45, 7) is 7.84. The number of sulfonamides is 1. The third-order valence-electron chi connectivity index (χ3n) is 3.23. The fourth-order valence-corrected chi connectivity index (χ4v) is 1.19. The van der Waals surface area contributed by atoms with Gasteiger partial charge in [0.05, 0.1) is 20.0 Å². The first kappa shape index (κ1) is 76.8. The SMILES string of the molecule is C.C.C.C.C.C.C.CCC(=O)NC.CCC(=O)OC.CCN(C)C(=O)NC.CCS(=O)(=O)NC.CNC(=O)OC. The van der Waals surface area contributed by atoms with Gasteiger partial charge in [-0.05, 0) is 20.9 Å². The van der Waals surface area contributed by atoms with Crippen LogP contribution in [0.3, 0.4) is 0 Å². The van der Waals surface area contributed by atoms with Crippen molar-refractivity contribution in [1.82, 2.24) is 25.6 Å². The summed E-state index contributed by atoms with van der Waals surface area (Å²) in [6.07, 6.45) is 0.641. The molecule has 0 saturated heterocycles. The van der Waals surface area contributed by atoms with Crippen LogP contribution in [0.1, 0.15) is 92.5 Å². The van der Waals surface area contributed by atoms with Gasteiger partial charge in [-0.3, -0.25) is 9.59 Å². The molecule has 13 nitrogen and oxygen atoms in total. The Bertz CT molecular complexity index is 540. The Kier molecular flexibility index (Phi) is 109. The van der Waals surface area contributed by atoms with E-state index in [1.165, 1.54) is 28.3 Å². The standard InChI is InChI=1S/C5H12N2O.C4H9NO.C4H8O2.C3H9NO2S.C3H7NO2.7CH4/c1-4-7(3)5(8)6-2;1-3-4(6)5-2;1-3-4(5)6-2;1-3-7(5,6)4-2;1-4-3(5)6-2;;;;;;;/h4H2,1-3H3,(H,6,8);3H2,1-2H3,(H,5,6);3H2,1-2H3;4H,3H2,1-2H3;1-2H3,(H,4,5);7*1H4. The average molecular weight is 616 g/mol. The van der Waals surface area contributed by atoms with Gasteiger partial charge in [-0.2, -0.15) is 0 Å². The van der Waals surface area contributed by atoms with Gasteiger partial charge in [0, 0.05) is 47.6 Å². The van der Waals surface area contributed by atoms with E-state index in [0.717, 1.165) is 6.54 Å². The van der Waals surface area contributed by atoms with Gasteiger partial charge in [-0.1, -0.05) is 65.8 Å². The summed E-state index contributed by atoms with van der Waals surface area (Å²) in [6, 6.07) is -0.0347. The number of hydrogen-bond donors (Lipinski definition) is 4. The Labute approximate surface area is 251 Å². The monoisotopic (exact) mass is 616 g/mol. The minimum atomic E-state index is -2.91. The molecule has 0 aromatic heterocycles. The van der Waals surface area contributed by atoms with E-state index in [2.05, 4.69) is 30.1 Å². The van der Waals surface area contributed by atoms with Crippen molar-refractivity contribution in [3.05, 3.63) is 0 Å². The third-order valence-corrected chi connectivity index (χ3v) is 4.61. The third kappa shape index (κ3) is 76.5. The zero-order chi connectivity index (χ0) is 27.5. The molecule has 0 fully saturated rings. The second-order valence-corrected chi connectivity index (χ2v) is 7.59. The quantitative estimate of drug-likeness (QED) is 0.314. The predicted molar refractivity (Wildman–Crippen MR) is 177 cm³/mol. The molecule has 0 aliphatic heterocycles. The smallest absolute Gasteiger partial charge is 0.406 e. The van der Waals surface area contributed by atoms with E-state index in [9.17, 15) is 27.6 Å². The van der Waals surface area contributed by atoms with Crippen molar-refractivity contribution in [3.8, 4) is 0 Å². The molecular formula is C26H73N5O8S. The number of carbonyl (C=O) groups excluding carboxylic acids is 4. The predicted octanol–water partition coefficient (Wildman–Crippen LogP) is 4.97. The molecule has 0 heterocycles. The highest BCUT2D eigenvalue weighted by Crippen LogP contribution is 1.78. The van der Waals surface area contributed by atoms with Gasteiger partial charge in [-0.15, -0.1) is 0 Å². The normalized spacial score (nSPS) is 7.08. The van der Waals surface area contributed by atoms with E-state index in [1.807, 2.05) is 13.8 Å². The molecular weight excluding hydrogens is 542 g/mol. The minimum Gasteiger partial charge on any atom is -0.469 e. The van der Waals surface area contributed by atoms with Gasteiger partial charge in [0.2, 0.25) is 15.9 Å². The van der Waals surface area contributed by atoms with Crippen LogP contribution in [0.2, 0.25) is 0 Å². The van der Waals surface area contributed by atoms with Crippen LogP contribution in [-0.2, 0) is 29.1 Å². The number of carbonyl (C=O) groups is 4. The molecule has 0 bridgehead atoms. The molecule has 0 spiro atoms. The van der Waals surface area contributed by atoms with Crippen molar-refractivity contribution in [2.45, 2.75) is 92.5 Å². The molecule has 256 valence electrons. The lowest BCUT2D eigenvalue weighted by Gasteiger charge is -2.12. The Morgan fingerprint density at radius 1 is 0.675 bits per heavy atom. The van der Waals surface area contributed by atoms with E-state index >= 15 is 0 Å². The molecule has 0 atom stereocenters. The van der Waals surface area contributed by atoms with Gasteiger partial charge in [0.15, 0.2) is 0 Å². The van der Waals surface area contributed by atoms with Crippen LogP contribution in [-0.4, -0.2) is 99.1 Å². The number of nitrogens with one attached hydrogen (secondary N) is 4. The summed E-state index contributed by atoms with van der Waals surface area (Å²) < 4.78 is 31.1. The second-order valence-electron chi connectivity index (χ2n) is 5.37. The molecule has 0 aromatic carbocycles. The van der Waals surface area contributed by atoms with Gasteiger partial charge < -0.3 is 30.3 Å². The van der Waals surface area contributed by atoms with E-state index in [1.54, 1.807) is 39.9 Å². The van der Waals surface area contributed by atoms with Crippen LogP contribution < -0.4 is 20.7 Å². The largest absolute Gasteiger partial charge is 0.469 e. The molecule has 0 aliphatic carbocycles. The molecule has 4 amide bonds. The summed E-state index contributed by atoms with van der Waals surface area (Å²) in [5.74, 6) is 0.0914. The molecule has 0 aromatic rings. The Hall–Kier alpha value is -2.61. The van der Waals surface area contributed by atoms with Crippen LogP contribution in [0.5, 0.6) is 0 Å². The molecule has 0 aliphatic rings. The molecule has 0 unspecified atom stereocenters. The number of ether oxygens (including phenoxy) is 2. The molecule has 4 N–H and O–H groups in total. The molecule has 40 heavy (non-hydrogen) atoms. The number of rotatable bonds is 5. The highest BCUT2D eigenvalue weighted by Gasteiger charge is 1.99. The highest BCUT2D eigenvalue weighted by molar-refractivity contribution is 7.89. The highest BCUT2D eigenvalue weighted by atomic mass is 32.2. The Balaban J connectivity index is -0.0000000236. The van der Waals surface area contributed by atoms with Crippen molar-refractivity contribution in [1.29, 1.82) is 0 Å². The van der Waals surface area contributed by atoms with E-state index < -0.39 is 16.1 Å². The lowest BCUT2D eigenvalue weighted by atomic mass is 10.5. The fraction of sp³-hybridized carbons (Fsp3) is 0.846. The summed E-state index contributed by atoms with van der Waals surface area (Å²) >= 11 is 0. The molecule has 0 saturated carbocycles. The fourth-order valence-electron chi connectivity index (χ4n) is 0.902. The van der Waals surface area contributed by atoms with Crippen LogP contribution in [0.4, 0.5) is 9.59 Å². The first-order chi connectivity index (χ1) is 15.3. The summed E-state index contributed by atoms with van der Waals surface area (Å²) in [7, 11) is 7.70. The maximum absolute atomic E-state index is 10.6. The number of nitrogens with zero attached hydrogens (tertiary/aromatic N) is 1. The zero-order valence-corrected chi connectivity index (χ0v) is 22.8. The number of esters is 1. The molecule has 14 heteroatoms. The van der Waals surface area contributed by atoms with Crippen molar-refractivity contribution >= 4 is 34.0 Å². The minimum absolute atomic E-state index is 0. The maximum Gasteiger partial charge on any atom is 0.406 e. The van der Waals surface area contributed by atoms with Gasteiger partial charge in [-0.25, -0.2) is 22.7 Å². The number of urea groups is 1. The maximum atomic E-state index is 10.6. The lowest BCUT2D eigenvalue weighted by molar-refractivity contribution is -0.140. The van der Waals surface area contributed by atoms with Gasteiger partial charge >= 0.3 is 18.1 Å². The summed E-state index contributed by atoms with van der Waals surface area (Å²) in [5.41, 5.74) is 0. The Morgan fingerprint density at radius 3 is 1.10 bits per heavy atom. The topological polar surface area (TPSA) is 172 Å². The summed E-state index contributed by atoms with van der Waals surface area (Å²) in [4.78, 5) is 42.0. The number of methoxy groups -OCH3 is 2. The average Bonchev–Trinajstić information content (AvgIpc) is 2.87. The van der Waals surface area contributed by atoms with Crippen LogP contribution in [0, 0.1) is 0 Å². The van der Waals surface area contributed by atoms with Crippen LogP contribution >= 0.6 is 0 Å². The van der Waals surface area contributed by atoms with Crippen LogP contribution in [0.15, 0.2) is 0 Å². The first-order valence-corrected chi connectivity index (χ1v) is 11.8. The van der Waals surface area contributed by atoms with Crippen molar-refractivity contribution in [2.24, 2.45) is 0 Å². The molecule has 0 radical (unpaired) electrons. The van der Waals surface area contributed by atoms with Gasteiger partial charge in [0.25, 0.3) is 0 Å². The van der Waals surface area contributed by atoms with Crippen molar-refractivity contribution in [2.75, 3.05) is 61.8 Å². The number of amides is 4. The lowest BCUT2D eigenvalue weighted by Crippen LogP contribution is -2.34. The first-order valence-electron chi connectivity index (χ1n) is 10.1.